The number of allylic oxidation sites excluding steroid dienone is 6. The van der Waals surface area contributed by atoms with Gasteiger partial charge in [0.15, 0.2) is 0 Å². The quantitative estimate of drug-likeness (QED) is 0.547. The Balaban J connectivity index is 0.000000123. The molecule has 3 nitrogen and oxygen atoms in total. The standard InChI is InChI=1S/C7H6.C5H4N2OS/c1-2-7-4-3-6(1)5-7;1-4-2-5(6-3-9)7-8-4/h1-4H,5H2;2H,1H3. The monoisotopic (exact) mass is 230 g/mol. The third kappa shape index (κ3) is 2.63. The third-order valence-electron chi connectivity index (χ3n) is 2.21. The lowest BCUT2D eigenvalue weighted by molar-refractivity contribution is 0.399. The van der Waals surface area contributed by atoms with Gasteiger partial charge >= 0.3 is 0 Å². The minimum Gasteiger partial charge on any atom is -0.359 e. The van der Waals surface area contributed by atoms with Crippen molar-refractivity contribution < 1.29 is 4.52 Å². The van der Waals surface area contributed by atoms with Crippen LogP contribution in [0.3, 0.4) is 0 Å². The number of isothiocyanates is 1. The molecule has 0 N–H and O–H groups in total. The van der Waals surface area contributed by atoms with E-state index in [0.29, 0.717) is 5.82 Å². The van der Waals surface area contributed by atoms with E-state index in [1.165, 1.54) is 17.6 Å². The summed E-state index contributed by atoms with van der Waals surface area (Å²) in [6, 6.07) is 1.68. The van der Waals surface area contributed by atoms with Gasteiger partial charge in [-0.25, -0.2) is 0 Å². The van der Waals surface area contributed by atoms with E-state index in [-0.39, 0.29) is 0 Å². The molecule has 0 aromatic carbocycles. The maximum atomic E-state index is 4.69. The van der Waals surface area contributed by atoms with Gasteiger partial charge in [-0.05, 0) is 36.7 Å². The van der Waals surface area contributed by atoms with E-state index in [2.05, 4.69) is 56.4 Å². The fraction of sp³-hybridized carbons (Fsp3) is 0.167. The van der Waals surface area contributed by atoms with Gasteiger partial charge in [0.1, 0.15) is 5.76 Å². The zero-order chi connectivity index (χ0) is 11.4. The summed E-state index contributed by atoms with van der Waals surface area (Å²) in [6.45, 7) is 1.79. The highest BCUT2D eigenvalue weighted by atomic mass is 32.1. The summed E-state index contributed by atoms with van der Waals surface area (Å²) in [5, 5.41) is 5.72. The molecule has 3 rings (SSSR count). The Morgan fingerprint density at radius 2 is 2.06 bits per heavy atom. The van der Waals surface area contributed by atoms with Crippen LogP contribution in [0.25, 0.3) is 0 Å². The number of fused-ring (bicyclic) bond motifs is 2. The number of rotatable bonds is 1. The van der Waals surface area contributed by atoms with Crippen LogP contribution < -0.4 is 0 Å². The van der Waals surface area contributed by atoms with Crippen LogP contribution in [0.15, 0.2) is 51.0 Å². The zero-order valence-corrected chi connectivity index (χ0v) is 9.62. The molecule has 0 radical (unpaired) electrons. The first-order valence-corrected chi connectivity index (χ1v) is 5.28. The van der Waals surface area contributed by atoms with Crippen LogP contribution >= 0.6 is 12.2 Å². The normalized spacial score (nSPS) is 14.8. The zero-order valence-electron chi connectivity index (χ0n) is 8.80. The van der Waals surface area contributed by atoms with E-state index >= 15 is 0 Å². The van der Waals surface area contributed by atoms with Crippen LogP contribution in [-0.4, -0.2) is 10.3 Å². The van der Waals surface area contributed by atoms with E-state index in [1.807, 2.05) is 0 Å². The number of aliphatic imine (C=N–C) groups is 1. The first kappa shape index (κ1) is 10.7. The van der Waals surface area contributed by atoms with Crippen molar-refractivity contribution in [3.05, 3.63) is 47.3 Å². The highest BCUT2D eigenvalue weighted by Crippen LogP contribution is 2.27. The fourth-order valence-corrected chi connectivity index (χ4v) is 1.56. The minimum atomic E-state index is 0.475. The molecule has 2 aliphatic carbocycles. The maximum absolute atomic E-state index is 4.69. The lowest BCUT2D eigenvalue weighted by atomic mass is 10.3. The average molecular weight is 230 g/mol. The summed E-state index contributed by atoms with van der Waals surface area (Å²) < 4.78 is 4.69. The van der Waals surface area contributed by atoms with Crippen LogP contribution in [-0.2, 0) is 0 Å². The molecular formula is C12H10N2OS. The Bertz CT molecular complexity index is 511. The number of nitrogens with zero attached hydrogens (tertiary/aromatic N) is 2. The summed E-state index contributed by atoms with van der Waals surface area (Å²) in [6.07, 6.45) is 9.90. The molecule has 0 saturated carbocycles. The Kier molecular flexibility index (Phi) is 3.25. The van der Waals surface area contributed by atoms with Crippen molar-refractivity contribution in [1.82, 2.24) is 5.16 Å². The number of aromatic nitrogens is 1. The molecule has 0 aliphatic heterocycles. The van der Waals surface area contributed by atoms with E-state index in [4.69, 9.17) is 0 Å². The molecule has 2 aliphatic rings. The van der Waals surface area contributed by atoms with Crippen LogP contribution in [0.2, 0.25) is 0 Å². The van der Waals surface area contributed by atoms with Crippen molar-refractivity contribution in [2.24, 2.45) is 4.99 Å². The Hall–Kier alpha value is -1.77. The first-order valence-electron chi connectivity index (χ1n) is 4.87. The van der Waals surface area contributed by atoms with Crippen LogP contribution in [0, 0.1) is 6.92 Å². The van der Waals surface area contributed by atoms with Crippen LogP contribution in [0.1, 0.15) is 12.2 Å². The van der Waals surface area contributed by atoms with Gasteiger partial charge in [0.05, 0.1) is 5.16 Å². The van der Waals surface area contributed by atoms with Gasteiger partial charge in [-0.15, -0.1) is 0 Å². The minimum absolute atomic E-state index is 0.475. The molecule has 1 heterocycles. The molecule has 16 heavy (non-hydrogen) atoms. The van der Waals surface area contributed by atoms with E-state index in [9.17, 15) is 0 Å². The summed E-state index contributed by atoms with van der Waals surface area (Å²) in [5.74, 6) is 1.20. The SMILES string of the molecule is C1=CC2=CC=C1C2.Cc1cc(N=C=S)no1. The summed E-state index contributed by atoms with van der Waals surface area (Å²) in [5.41, 5.74) is 2.94. The lowest BCUT2D eigenvalue weighted by Crippen LogP contribution is -1.59. The number of hydrogen-bond donors (Lipinski definition) is 0. The van der Waals surface area contributed by atoms with Gasteiger partial charge in [-0.3, -0.25) is 0 Å². The van der Waals surface area contributed by atoms with Crippen molar-refractivity contribution in [3.63, 3.8) is 0 Å². The van der Waals surface area contributed by atoms with Crippen LogP contribution in [0.5, 0.6) is 0 Å². The molecule has 0 saturated heterocycles. The number of aryl methyl sites for hydroxylation is 1. The molecule has 0 amide bonds. The van der Waals surface area contributed by atoms with Gasteiger partial charge in [0.2, 0.25) is 5.82 Å². The van der Waals surface area contributed by atoms with Crippen molar-refractivity contribution in [3.8, 4) is 0 Å². The molecule has 1 aromatic heterocycles. The molecular weight excluding hydrogens is 220 g/mol. The fourth-order valence-electron chi connectivity index (χ4n) is 1.46. The third-order valence-corrected chi connectivity index (χ3v) is 2.30. The van der Waals surface area contributed by atoms with Gasteiger partial charge in [0, 0.05) is 6.07 Å². The molecule has 4 heteroatoms. The Morgan fingerprint density at radius 1 is 1.38 bits per heavy atom. The second-order valence-corrected chi connectivity index (χ2v) is 3.67. The van der Waals surface area contributed by atoms with Crippen LogP contribution in [0.4, 0.5) is 5.82 Å². The van der Waals surface area contributed by atoms with E-state index in [0.717, 1.165) is 5.76 Å². The highest BCUT2D eigenvalue weighted by molar-refractivity contribution is 7.78. The van der Waals surface area contributed by atoms with Gasteiger partial charge in [-0.2, -0.15) is 4.99 Å². The predicted molar refractivity (Wildman–Crippen MR) is 65.8 cm³/mol. The van der Waals surface area contributed by atoms with Gasteiger partial charge < -0.3 is 4.52 Å². The molecule has 0 fully saturated rings. The van der Waals surface area contributed by atoms with Crippen molar-refractivity contribution >= 4 is 23.2 Å². The largest absolute Gasteiger partial charge is 0.359 e. The Labute approximate surface area is 98.9 Å². The summed E-state index contributed by atoms with van der Waals surface area (Å²) >= 11 is 4.34. The predicted octanol–water partition coefficient (Wildman–Crippen LogP) is 3.53. The summed E-state index contributed by atoms with van der Waals surface area (Å²) in [4.78, 5) is 3.59. The Morgan fingerprint density at radius 3 is 2.38 bits per heavy atom. The van der Waals surface area contributed by atoms with Gasteiger partial charge in [0.25, 0.3) is 0 Å². The average Bonchev–Trinajstić information content (AvgIpc) is 2.97. The topological polar surface area (TPSA) is 38.4 Å². The maximum Gasteiger partial charge on any atom is 0.205 e. The molecule has 0 spiro atoms. The second-order valence-electron chi connectivity index (χ2n) is 3.49. The molecule has 2 bridgehead atoms. The molecule has 0 atom stereocenters. The molecule has 0 unspecified atom stereocenters. The van der Waals surface area contributed by atoms with Crippen molar-refractivity contribution in [2.75, 3.05) is 0 Å². The first-order chi connectivity index (χ1) is 7.78. The number of thiocarbonyl (C=S) groups is 1. The van der Waals surface area contributed by atoms with E-state index in [1.54, 1.807) is 13.0 Å². The second kappa shape index (κ2) is 4.84. The summed E-state index contributed by atoms with van der Waals surface area (Å²) in [7, 11) is 0. The molecule has 80 valence electrons. The van der Waals surface area contributed by atoms with Gasteiger partial charge in [-0.1, -0.05) is 29.5 Å². The number of hydrogen-bond acceptors (Lipinski definition) is 4. The van der Waals surface area contributed by atoms with Crippen molar-refractivity contribution in [2.45, 2.75) is 13.3 Å². The smallest absolute Gasteiger partial charge is 0.205 e. The highest BCUT2D eigenvalue weighted by Gasteiger charge is 2.07. The lowest BCUT2D eigenvalue weighted by Gasteiger charge is -1.77. The van der Waals surface area contributed by atoms with Crippen molar-refractivity contribution in [1.29, 1.82) is 0 Å². The molecule has 1 aromatic rings. The van der Waals surface area contributed by atoms with E-state index < -0.39 is 0 Å².